The van der Waals surface area contributed by atoms with Crippen LogP contribution in [0.2, 0.25) is 0 Å². The zero-order valence-corrected chi connectivity index (χ0v) is 18.9. The van der Waals surface area contributed by atoms with Gasteiger partial charge >= 0.3 is 5.97 Å². The highest BCUT2D eigenvalue weighted by Gasteiger charge is 2.17. The van der Waals surface area contributed by atoms with Gasteiger partial charge < -0.3 is 24.3 Å². The summed E-state index contributed by atoms with van der Waals surface area (Å²) in [5.41, 5.74) is 3.15. The number of rotatable bonds is 6. The molecule has 2 heterocycles. The van der Waals surface area contributed by atoms with E-state index >= 15 is 0 Å². The standard InChI is InChI=1S/C27H22N2O6/c1-32-26(30)16-35-19-6-4-5-18(14-19)28-27(31)21-15-23(29-22-8-3-2-7-20(21)22)17-9-10-24-25(13-17)34-12-11-33-24/h2-10,13-15H,11-12,16H2,1H3,(H,28,31). The van der Waals surface area contributed by atoms with Gasteiger partial charge in [-0.3, -0.25) is 4.79 Å². The van der Waals surface area contributed by atoms with E-state index in [1.165, 1.54) is 7.11 Å². The number of nitrogens with one attached hydrogen (secondary N) is 1. The van der Waals surface area contributed by atoms with Crippen LogP contribution in [0.5, 0.6) is 17.2 Å². The molecule has 0 unspecified atom stereocenters. The molecule has 4 aromatic rings. The number of nitrogens with zero attached hydrogens (tertiary/aromatic N) is 1. The minimum absolute atomic E-state index is 0.220. The Labute approximate surface area is 201 Å². The van der Waals surface area contributed by atoms with Crippen LogP contribution < -0.4 is 19.5 Å². The number of para-hydroxylation sites is 1. The molecule has 8 heteroatoms. The van der Waals surface area contributed by atoms with Crippen molar-refractivity contribution in [2.24, 2.45) is 0 Å². The van der Waals surface area contributed by atoms with E-state index in [0.29, 0.717) is 52.9 Å². The number of anilines is 1. The maximum absolute atomic E-state index is 13.4. The fourth-order valence-electron chi connectivity index (χ4n) is 3.78. The van der Waals surface area contributed by atoms with Crippen molar-refractivity contribution in [1.82, 2.24) is 4.98 Å². The lowest BCUT2D eigenvalue weighted by Crippen LogP contribution is -2.15. The summed E-state index contributed by atoms with van der Waals surface area (Å²) in [7, 11) is 1.29. The van der Waals surface area contributed by atoms with Crippen molar-refractivity contribution in [2.45, 2.75) is 0 Å². The van der Waals surface area contributed by atoms with Gasteiger partial charge in [-0.15, -0.1) is 0 Å². The van der Waals surface area contributed by atoms with Gasteiger partial charge in [0.1, 0.15) is 19.0 Å². The van der Waals surface area contributed by atoms with E-state index in [1.54, 1.807) is 30.3 Å². The summed E-state index contributed by atoms with van der Waals surface area (Å²) in [6.45, 7) is 0.777. The van der Waals surface area contributed by atoms with Crippen LogP contribution in [-0.4, -0.2) is 43.8 Å². The van der Waals surface area contributed by atoms with E-state index < -0.39 is 5.97 Å². The summed E-state index contributed by atoms with van der Waals surface area (Å²) in [6, 6.07) is 21.7. The van der Waals surface area contributed by atoms with Crippen molar-refractivity contribution in [2.75, 3.05) is 32.2 Å². The molecule has 0 radical (unpaired) electrons. The molecule has 0 saturated carbocycles. The fourth-order valence-corrected chi connectivity index (χ4v) is 3.78. The Morgan fingerprint density at radius 2 is 1.77 bits per heavy atom. The number of aromatic nitrogens is 1. The van der Waals surface area contributed by atoms with Gasteiger partial charge in [0, 0.05) is 22.7 Å². The minimum Gasteiger partial charge on any atom is -0.486 e. The Hall–Kier alpha value is -4.59. The van der Waals surface area contributed by atoms with Crippen molar-refractivity contribution in [1.29, 1.82) is 0 Å². The predicted octanol–water partition coefficient (Wildman–Crippen LogP) is 4.48. The number of ether oxygens (including phenoxy) is 4. The highest BCUT2D eigenvalue weighted by Crippen LogP contribution is 2.35. The van der Waals surface area contributed by atoms with E-state index in [2.05, 4.69) is 10.1 Å². The molecule has 35 heavy (non-hydrogen) atoms. The smallest absolute Gasteiger partial charge is 0.343 e. The number of benzene rings is 3. The molecule has 8 nitrogen and oxygen atoms in total. The molecule has 1 aliphatic rings. The van der Waals surface area contributed by atoms with Gasteiger partial charge in [0.15, 0.2) is 18.1 Å². The van der Waals surface area contributed by atoms with Crippen LogP contribution in [0.15, 0.2) is 72.8 Å². The zero-order chi connectivity index (χ0) is 24.2. The third-order valence-electron chi connectivity index (χ3n) is 5.48. The van der Waals surface area contributed by atoms with Gasteiger partial charge in [0.05, 0.1) is 23.9 Å². The first kappa shape index (κ1) is 22.2. The van der Waals surface area contributed by atoms with E-state index in [0.717, 1.165) is 10.9 Å². The predicted molar refractivity (Wildman–Crippen MR) is 130 cm³/mol. The molecule has 176 valence electrons. The highest BCUT2D eigenvalue weighted by molar-refractivity contribution is 6.13. The monoisotopic (exact) mass is 470 g/mol. The topological polar surface area (TPSA) is 96.0 Å². The molecule has 0 saturated heterocycles. The molecule has 1 N–H and O–H groups in total. The third-order valence-corrected chi connectivity index (χ3v) is 5.48. The Morgan fingerprint density at radius 3 is 2.63 bits per heavy atom. The van der Waals surface area contributed by atoms with Gasteiger partial charge in [-0.1, -0.05) is 24.3 Å². The van der Waals surface area contributed by atoms with Gasteiger partial charge in [-0.2, -0.15) is 0 Å². The second-order valence-corrected chi connectivity index (χ2v) is 7.78. The van der Waals surface area contributed by atoms with Crippen LogP contribution in [0.25, 0.3) is 22.2 Å². The number of methoxy groups -OCH3 is 1. The fraction of sp³-hybridized carbons (Fsp3) is 0.148. The van der Waals surface area contributed by atoms with Crippen molar-refractivity contribution >= 4 is 28.5 Å². The van der Waals surface area contributed by atoms with Crippen LogP contribution in [0, 0.1) is 0 Å². The summed E-state index contributed by atoms with van der Waals surface area (Å²) in [5, 5.41) is 3.64. The average molecular weight is 470 g/mol. The molecule has 0 bridgehead atoms. The molecular weight excluding hydrogens is 448 g/mol. The first-order valence-corrected chi connectivity index (χ1v) is 11.0. The summed E-state index contributed by atoms with van der Waals surface area (Å²) in [6.07, 6.45) is 0. The molecule has 5 rings (SSSR count). The Kier molecular flexibility index (Phi) is 6.17. The van der Waals surface area contributed by atoms with Crippen LogP contribution in [-0.2, 0) is 9.53 Å². The quantitative estimate of drug-likeness (QED) is 0.415. The lowest BCUT2D eigenvalue weighted by atomic mass is 10.0. The number of hydrogen-bond acceptors (Lipinski definition) is 7. The molecule has 3 aromatic carbocycles. The molecule has 1 amide bonds. The Morgan fingerprint density at radius 1 is 0.943 bits per heavy atom. The van der Waals surface area contributed by atoms with Crippen molar-refractivity contribution in [3.63, 3.8) is 0 Å². The van der Waals surface area contributed by atoms with E-state index in [1.807, 2.05) is 42.5 Å². The number of amides is 1. The zero-order valence-electron chi connectivity index (χ0n) is 18.9. The first-order chi connectivity index (χ1) is 17.1. The minimum atomic E-state index is -0.491. The first-order valence-electron chi connectivity index (χ1n) is 11.0. The summed E-state index contributed by atoms with van der Waals surface area (Å²) in [5.74, 6) is 0.984. The molecule has 0 aliphatic carbocycles. The maximum atomic E-state index is 13.4. The molecule has 0 atom stereocenters. The molecule has 1 aromatic heterocycles. The maximum Gasteiger partial charge on any atom is 0.343 e. The third kappa shape index (κ3) is 4.86. The molecule has 1 aliphatic heterocycles. The summed E-state index contributed by atoms with van der Waals surface area (Å²) >= 11 is 0. The van der Waals surface area contributed by atoms with Crippen LogP contribution in [0.4, 0.5) is 5.69 Å². The number of esters is 1. The second kappa shape index (κ2) is 9.72. The van der Waals surface area contributed by atoms with Gasteiger partial charge in [0.2, 0.25) is 0 Å². The van der Waals surface area contributed by atoms with Crippen LogP contribution in [0.3, 0.4) is 0 Å². The number of carbonyl (C=O) groups excluding carboxylic acids is 2. The van der Waals surface area contributed by atoms with Crippen molar-refractivity contribution < 1.29 is 28.5 Å². The van der Waals surface area contributed by atoms with Crippen LogP contribution in [0.1, 0.15) is 10.4 Å². The number of hydrogen-bond donors (Lipinski definition) is 1. The van der Waals surface area contributed by atoms with E-state index in [4.69, 9.17) is 19.2 Å². The number of carbonyl (C=O) groups is 2. The van der Waals surface area contributed by atoms with E-state index in [-0.39, 0.29) is 12.5 Å². The number of fused-ring (bicyclic) bond motifs is 2. The Bertz CT molecular complexity index is 1420. The molecule has 0 fully saturated rings. The largest absolute Gasteiger partial charge is 0.486 e. The lowest BCUT2D eigenvalue weighted by molar-refractivity contribution is -0.142. The Balaban J connectivity index is 1.46. The van der Waals surface area contributed by atoms with Crippen molar-refractivity contribution in [3.05, 3.63) is 78.4 Å². The molecule has 0 spiro atoms. The number of pyridine rings is 1. The highest BCUT2D eigenvalue weighted by atomic mass is 16.6. The van der Waals surface area contributed by atoms with Crippen LogP contribution >= 0.6 is 0 Å². The van der Waals surface area contributed by atoms with Gasteiger partial charge in [0.25, 0.3) is 5.91 Å². The average Bonchev–Trinajstić information content (AvgIpc) is 2.91. The van der Waals surface area contributed by atoms with E-state index in [9.17, 15) is 9.59 Å². The second-order valence-electron chi connectivity index (χ2n) is 7.78. The summed E-state index contributed by atoms with van der Waals surface area (Å²) < 4.78 is 21.3. The van der Waals surface area contributed by atoms with Gasteiger partial charge in [-0.25, -0.2) is 9.78 Å². The molecular formula is C27H22N2O6. The SMILES string of the molecule is COC(=O)COc1cccc(NC(=O)c2cc(-c3ccc4c(c3)OCCO4)nc3ccccc23)c1. The normalized spacial score (nSPS) is 12.1. The van der Waals surface area contributed by atoms with Gasteiger partial charge in [-0.05, 0) is 42.5 Å². The lowest BCUT2D eigenvalue weighted by Gasteiger charge is -2.19. The summed E-state index contributed by atoms with van der Waals surface area (Å²) in [4.78, 5) is 29.5. The van der Waals surface area contributed by atoms with Crippen molar-refractivity contribution in [3.8, 4) is 28.5 Å².